The third kappa shape index (κ3) is 3.27. The van der Waals surface area contributed by atoms with Crippen molar-refractivity contribution < 1.29 is 5.11 Å². The van der Waals surface area contributed by atoms with Crippen molar-refractivity contribution in [2.45, 2.75) is 12.5 Å². The van der Waals surface area contributed by atoms with Crippen LogP contribution in [-0.4, -0.2) is 17.8 Å². The molecule has 13 heavy (non-hydrogen) atoms. The van der Waals surface area contributed by atoms with E-state index < -0.39 is 0 Å². The number of nitrogens with two attached hydrogens (primary N) is 1. The Labute approximate surface area is 90.8 Å². The Balaban J connectivity index is 2.77. The first-order valence-electron chi connectivity index (χ1n) is 3.94. The molecule has 0 heterocycles. The highest BCUT2D eigenvalue weighted by molar-refractivity contribution is 9.10. The van der Waals surface area contributed by atoms with Crippen LogP contribution in [0.4, 0.5) is 0 Å². The number of hydrogen-bond acceptors (Lipinski definition) is 2. The average Bonchev–Trinajstić information content (AvgIpc) is 2.09. The summed E-state index contributed by atoms with van der Waals surface area (Å²) < 4.78 is 0.943. The molecule has 3 N–H and O–H groups in total. The summed E-state index contributed by atoms with van der Waals surface area (Å²) >= 11 is 9.28. The van der Waals surface area contributed by atoms with Crippen LogP contribution >= 0.6 is 27.5 Å². The summed E-state index contributed by atoms with van der Waals surface area (Å²) in [6, 6.07) is 5.40. The predicted octanol–water partition coefficient (Wildman–Crippen LogP) is 1.96. The van der Waals surface area contributed by atoms with Crippen LogP contribution in [0, 0.1) is 0 Å². The highest BCUT2D eigenvalue weighted by Gasteiger charge is 2.06. The van der Waals surface area contributed by atoms with Crippen LogP contribution < -0.4 is 5.73 Å². The Morgan fingerprint density at radius 2 is 2.23 bits per heavy atom. The highest BCUT2D eigenvalue weighted by Crippen LogP contribution is 2.22. The first-order valence-corrected chi connectivity index (χ1v) is 5.11. The number of rotatable bonds is 3. The number of benzene rings is 1. The van der Waals surface area contributed by atoms with E-state index >= 15 is 0 Å². The molecule has 4 heteroatoms. The van der Waals surface area contributed by atoms with Gasteiger partial charge in [-0.25, -0.2) is 0 Å². The van der Waals surface area contributed by atoms with Crippen molar-refractivity contribution in [3.8, 4) is 0 Å². The van der Waals surface area contributed by atoms with Gasteiger partial charge in [0.05, 0.1) is 6.61 Å². The van der Waals surface area contributed by atoms with Crippen LogP contribution in [0.1, 0.15) is 5.56 Å². The van der Waals surface area contributed by atoms with Gasteiger partial charge in [0.1, 0.15) is 0 Å². The largest absolute Gasteiger partial charge is 0.395 e. The summed E-state index contributed by atoms with van der Waals surface area (Å²) in [6.07, 6.45) is 0.600. The zero-order valence-electron chi connectivity index (χ0n) is 7.00. The molecule has 0 saturated heterocycles. The molecule has 0 aliphatic heterocycles. The fourth-order valence-corrected chi connectivity index (χ4v) is 1.78. The quantitative estimate of drug-likeness (QED) is 0.877. The van der Waals surface area contributed by atoms with Gasteiger partial charge in [-0.1, -0.05) is 33.6 Å². The van der Waals surface area contributed by atoms with E-state index in [1.807, 2.05) is 18.2 Å². The normalized spacial score (nSPS) is 12.9. The monoisotopic (exact) mass is 263 g/mol. The van der Waals surface area contributed by atoms with Gasteiger partial charge < -0.3 is 10.8 Å². The van der Waals surface area contributed by atoms with E-state index in [4.69, 9.17) is 22.4 Å². The Bertz CT molecular complexity index is 293. The first kappa shape index (κ1) is 11.0. The fraction of sp³-hybridized carbons (Fsp3) is 0.333. The summed E-state index contributed by atoms with van der Waals surface area (Å²) in [5.41, 5.74) is 6.56. The van der Waals surface area contributed by atoms with Crippen LogP contribution in [0.15, 0.2) is 22.7 Å². The zero-order valence-corrected chi connectivity index (χ0v) is 9.35. The van der Waals surface area contributed by atoms with Gasteiger partial charge in [0.25, 0.3) is 0 Å². The third-order valence-electron chi connectivity index (χ3n) is 1.73. The van der Waals surface area contributed by atoms with E-state index in [1.54, 1.807) is 0 Å². The molecule has 0 aliphatic carbocycles. The molecular weight excluding hydrogens is 253 g/mol. The van der Waals surface area contributed by atoms with Gasteiger partial charge in [0.15, 0.2) is 0 Å². The molecule has 1 unspecified atom stereocenters. The summed E-state index contributed by atoms with van der Waals surface area (Å²) in [5.74, 6) is 0. The minimum atomic E-state index is -0.237. The maximum absolute atomic E-state index is 8.76. The minimum Gasteiger partial charge on any atom is -0.395 e. The Hall–Kier alpha value is -0.0900. The molecule has 1 aromatic carbocycles. The second kappa shape index (κ2) is 4.96. The predicted molar refractivity (Wildman–Crippen MR) is 57.9 cm³/mol. The maximum Gasteiger partial charge on any atom is 0.0585 e. The van der Waals surface area contributed by atoms with Gasteiger partial charge in [-0.2, -0.15) is 0 Å². The summed E-state index contributed by atoms with van der Waals surface area (Å²) in [4.78, 5) is 0. The lowest BCUT2D eigenvalue weighted by Crippen LogP contribution is -2.26. The number of hydrogen-bond donors (Lipinski definition) is 2. The molecule has 0 saturated carbocycles. The molecule has 0 fully saturated rings. The van der Waals surface area contributed by atoms with Crippen LogP contribution in [0.5, 0.6) is 0 Å². The number of halogens is 2. The summed E-state index contributed by atoms with van der Waals surface area (Å²) in [6.45, 7) is -0.0214. The van der Waals surface area contributed by atoms with Crippen LogP contribution in [-0.2, 0) is 6.42 Å². The minimum absolute atomic E-state index is 0.0214. The van der Waals surface area contributed by atoms with E-state index in [2.05, 4.69) is 15.9 Å². The van der Waals surface area contributed by atoms with Crippen molar-refractivity contribution in [2.75, 3.05) is 6.61 Å². The van der Waals surface area contributed by atoms with Gasteiger partial charge in [0.2, 0.25) is 0 Å². The van der Waals surface area contributed by atoms with Crippen LogP contribution in [0.2, 0.25) is 5.02 Å². The lowest BCUT2D eigenvalue weighted by molar-refractivity contribution is 0.265. The first-order chi connectivity index (χ1) is 6.13. The maximum atomic E-state index is 8.76. The third-order valence-corrected chi connectivity index (χ3v) is 2.58. The second-order valence-corrected chi connectivity index (χ2v) is 4.21. The van der Waals surface area contributed by atoms with Gasteiger partial charge in [-0.05, 0) is 24.1 Å². The van der Waals surface area contributed by atoms with E-state index in [9.17, 15) is 0 Å². The fourth-order valence-electron chi connectivity index (χ4n) is 1.03. The molecule has 0 spiro atoms. The molecule has 72 valence electrons. The highest BCUT2D eigenvalue weighted by atomic mass is 79.9. The Kier molecular flexibility index (Phi) is 4.19. The lowest BCUT2D eigenvalue weighted by Gasteiger charge is -2.09. The molecule has 0 bridgehead atoms. The molecule has 1 aromatic rings. The lowest BCUT2D eigenvalue weighted by atomic mass is 10.1. The Morgan fingerprint density at radius 3 is 2.77 bits per heavy atom. The Morgan fingerprint density at radius 1 is 1.54 bits per heavy atom. The SMILES string of the molecule is NC(CO)Cc1ccc(Br)cc1Cl. The summed E-state index contributed by atoms with van der Waals surface area (Å²) in [5, 5.41) is 9.44. The van der Waals surface area contributed by atoms with E-state index in [0.29, 0.717) is 11.4 Å². The summed E-state index contributed by atoms with van der Waals surface area (Å²) in [7, 11) is 0. The molecule has 0 aliphatic rings. The smallest absolute Gasteiger partial charge is 0.0585 e. The number of aliphatic hydroxyl groups excluding tert-OH is 1. The zero-order chi connectivity index (χ0) is 9.84. The van der Waals surface area contributed by atoms with Gasteiger partial charge in [-0.3, -0.25) is 0 Å². The van der Waals surface area contributed by atoms with Gasteiger partial charge in [-0.15, -0.1) is 0 Å². The molecular formula is C9H11BrClNO. The van der Waals surface area contributed by atoms with Crippen molar-refractivity contribution >= 4 is 27.5 Å². The number of aliphatic hydroxyl groups is 1. The van der Waals surface area contributed by atoms with E-state index in [0.717, 1.165) is 10.0 Å². The van der Waals surface area contributed by atoms with Crippen molar-refractivity contribution in [3.05, 3.63) is 33.3 Å². The van der Waals surface area contributed by atoms with Crippen molar-refractivity contribution in [1.29, 1.82) is 0 Å². The van der Waals surface area contributed by atoms with E-state index in [-0.39, 0.29) is 12.6 Å². The molecule has 0 radical (unpaired) electrons. The van der Waals surface area contributed by atoms with Crippen molar-refractivity contribution in [2.24, 2.45) is 5.73 Å². The van der Waals surface area contributed by atoms with Crippen molar-refractivity contribution in [3.63, 3.8) is 0 Å². The van der Waals surface area contributed by atoms with Crippen LogP contribution in [0.25, 0.3) is 0 Å². The van der Waals surface area contributed by atoms with E-state index in [1.165, 1.54) is 0 Å². The van der Waals surface area contributed by atoms with Crippen molar-refractivity contribution in [1.82, 2.24) is 0 Å². The molecule has 1 rings (SSSR count). The average molecular weight is 265 g/mol. The van der Waals surface area contributed by atoms with Gasteiger partial charge in [0, 0.05) is 15.5 Å². The molecule has 1 atom stereocenters. The second-order valence-electron chi connectivity index (χ2n) is 2.88. The molecule has 0 amide bonds. The topological polar surface area (TPSA) is 46.2 Å². The van der Waals surface area contributed by atoms with Gasteiger partial charge >= 0.3 is 0 Å². The molecule has 0 aromatic heterocycles. The standard InChI is InChI=1S/C9H11BrClNO/c10-7-2-1-6(9(11)4-7)3-8(12)5-13/h1-2,4,8,13H,3,5,12H2. The van der Waals surface area contributed by atoms with Crippen LogP contribution in [0.3, 0.4) is 0 Å². The molecule has 2 nitrogen and oxygen atoms in total.